The average Bonchev–Trinajstić information content (AvgIpc) is 1.39. The fraction of sp³-hybridized carbons (Fsp3) is 0. The Labute approximate surface area is 54.7 Å². The zero-order chi connectivity index (χ0) is 5.41. The van der Waals surface area contributed by atoms with Crippen molar-refractivity contribution >= 4 is 0 Å². The third-order valence-electron chi connectivity index (χ3n) is 0. The molecule has 0 rings (SSSR count). The summed E-state index contributed by atoms with van der Waals surface area (Å²) in [5.41, 5.74) is 0. The fourth-order valence-corrected chi connectivity index (χ4v) is 0. The molecule has 7 nitrogen and oxygen atoms in total. The summed E-state index contributed by atoms with van der Waals surface area (Å²) in [5, 5.41) is 18.0. The summed E-state index contributed by atoms with van der Waals surface area (Å²) in [6.07, 6.45) is 0. The maximum Gasteiger partial charge on any atom is 3.00 e. The van der Waals surface area contributed by atoms with Crippen LogP contribution in [-0.4, -0.2) is 0 Å². The van der Waals surface area contributed by atoms with Crippen LogP contribution in [0.2, 0.25) is 0 Å². The van der Waals surface area contributed by atoms with E-state index in [0.717, 1.165) is 10.7 Å². The molecule has 0 heterocycles. The molecule has 0 aliphatic rings. The van der Waals surface area contributed by atoms with Gasteiger partial charge in [0.1, 0.15) is 0 Å². The van der Waals surface area contributed by atoms with Crippen molar-refractivity contribution in [1.82, 2.24) is 0 Å². The number of nitrogens with zero attached hydrogens (tertiary/aromatic N) is 2. The molecular formula is H2CoN3O4. The Balaban J connectivity index is -0.0000000160. The summed E-state index contributed by atoms with van der Waals surface area (Å²) >= 11 is 0. The molecule has 0 radical (unpaired) electrons. The van der Waals surface area contributed by atoms with Gasteiger partial charge in [0.05, 0.1) is 0 Å². The Kier molecular flexibility index (Phi) is 362. The predicted octanol–water partition coefficient (Wildman–Crippen LogP) is 1.22. The van der Waals surface area contributed by atoms with Crippen LogP contribution >= 0.6 is 0 Å². The fourth-order valence-electron chi connectivity index (χ4n) is 0. The third kappa shape index (κ3) is 178. The van der Waals surface area contributed by atoms with Gasteiger partial charge in [-0.05, 0) is 0 Å². The van der Waals surface area contributed by atoms with Gasteiger partial charge in [0.15, 0.2) is 0 Å². The van der Waals surface area contributed by atoms with E-state index in [1.165, 1.54) is 0 Å². The molecule has 8 heavy (non-hydrogen) atoms. The number of rotatable bonds is 0. The smallest absolute Gasteiger partial charge is 0.693 e. The van der Waals surface area contributed by atoms with Crippen LogP contribution in [0, 0.1) is 20.2 Å². The topological polar surface area (TPSA) is 138 Å². The minimum absolute atomic E-state index is 0. The molecule has 0 aliphatic heterocycles. The molecule has 0 aromatic heterocycles. The average molecular weight is 167 g/mol. The molecule has 0 aromatic carbocycles. The third-order valence-corrected chi connectivity index (χ3v) is 0. The van der Waals surface area contributed by atoms with Gasteiger partial charge in [0, 0.05) is 0 Å². The van der Waals surface area contributed by atoms with Gasteiger partial charge in [0.25, 0.3) is 0 Å². The normalized spacial score (nSPS) is 3.00. The molecule has 2 N–H and O–H groups in total. The van der Waals surface area contributed by atoms with Crippen LogP contribution in [0.4, 0.5) is 0 Å². The summed E-state index contributed by atoms with van der Waals surface area (Å²) < 4.78 is 0. The first-order chi connectivity index (χ1) is 2.83. The van der Waals surface area contributed by atoms with Crippen molar-refractivity contribution in [2.75, 3.05) is 0 Å². The Morgan fingerprint density at radius 2 is 1.00 bits per heavy atom. The van der Waals surface area contributed by atoms with Gasteiger partial charge in [-0.1, -0.05) is 0 Å². The van der Waals surface area contributed by atoms with Gasteiger partial charge < -0.3 is 26.4 Å². The van der Waals surface area contributed by atoms with E-state index in [0.29, 0.717) is 0 Å². The number of nitrogens with two attached hydrogens (primary N) is 1. The summed E-state index contributed by atoms with van der Waals surface area (Å²) in [4.78, 5) is 16.0. The van der Waals surface area contributed by atoms with Crippen molar-refractivity contribution in [3.8, 4) is 0 Å². The number of hydrogen-bond donors (Lipinski definition) is 0. The van der Waals surface area contributed by atoms with Crippen LogP contribution in [0.3, 0.4) is 0 Å². The Morgan fingerprint density at radius 3 is 1.00 bits per heavy atom. The summed E-state index contributed by atoms with van der Waals surface area (Å²) in [6, 6.07) is 0. The molecule has 0 saturated carbocycles. The predicted molar refractivity (Wildman–Crippen MR) is 23.6 cm³/mol. The Bertz CT molecular complexity index is 32.3. The van der Waals surface area contributed by atoms with Crippen LogP contribution in [0.1, 0.15) is 0 Å². The van der Waals surface area contributed by atoms with Crippen molar-refractivity contribution in [3.05, 3.63) is 26.4 Å². The second-order valence-corrected chi connectivity index (χ2v) is 0.149. The van der Waals surface area contributed by atoms with E-state index in [1.807, 2.05) is 0 Å². The van der Waals surface area contributed by atoms with Gasteiger partial charge in [-0.2, -0.15) is 0 Å². The van der Waals surface area contributed by atoms with Gasteiger partial charge in [-0.3, -0.25) is 0 Å². The maximum absolute atomic E-state index is 8.00. The quantitative estimate of drug-likeness (QED) is 0.394. The van der Waals surface area contributed by atoms with Crippen LogP contribution in [0.5, 0.6) is 0 Å². The first-order valence-electron chi connectivity index (χ1n) is 0.730. The zero-order valence-corrected chi connectivity index (χ0v) is 4.48. The molecule has 0 atom stereocenters. The van der Waals surface area contributed by atoms with Crippen LogP contribution in [0.25, 0.3) is 6.15 Å². The van der Waals surface area contributed by atoms with E-state index in [9.17, 15) is 0 Å². The summed E-state index contributed by atoms with van der Waals surface area (Å²) in [7, 11) is 0. The van der Waals surface area contributed by atoms with Crippen molar-refractivity contribution in [3.63, 3.8) is 0 Å². The molecule has 0 unspecified atom stereocenters. The van der Waals surface area contributed by atoms with Gasteiger partial charge in [0.2, 0.25) is 0 Å². The van der Waals surface area contributed by atoms with E-state index >= 15 is 0 Å². The largest absolute Gasteiger partial charge is 3.00 e. The molecule has 0 spiro atoms. The molecule has 50 valence electrons. The minimum Gasteiger partial charge on any atom is -0.693 e. The Hall–Kier alpha value is -0.734. The molecule has 0 amide bonds. The van der Waals surface area contributed by atoms with Crippen molar-refractivity contribution < 1.29 is 16.8 Å². The van der Waals surface area contributed by atoms with Crippen molar-refractivity contribution in [1.29, 1.82) is 0 Å². The first kappa shape index (κ1) is 26.7. The Morgan fingerprint density at radius 1 is 1.00 bits per heavy atom. The molecule has 0 aliphatic carbocycles. The summed E-state index contributed by atoms with van der Waals surface area (Å²) in [5.74, 6) is 0. The van der Waals surface area contributed by atoms with Crippen LogP contribution < -0.4 is 0 Å². The van der Waals surface area contributed by atoms with E-state index in [4.69, 9.17) is 20.2 Å². The maximum atomic E-state index is 8.00. The zero-order valence-electron chi connectivity index (χ0n) is 3.44. The molecule has 0 bridgehead atoms. The molecule has 0 saturated heterocycles. The van der Waals surface area contributed by atoms with Crippen molar-refractivity contribution in [2.24, 2.45) is 10.7 Å². The minimum atomic E-state index is 0. The van der Waals surface area contributed by atoms with Crippen molar-refractivity contribution in [2.45, 2.75) is 0 Å². The number of hydrogen-bond acceptors (Lipinski definition) is 6. The van der Waals surface area contributed by atoms with Crippen LogP contribution in [0.15, 0.2) is 10.7 Å². The van der Waals surface area contributed by atoms with Crippen LogP contribution in [-0.2, 0) is 16.8 Å². The SMILES string of the molecule is O=N[O-].O=N[O-].[Co+3].[NH2-]. The van der Waals surface area contributed by atoms with E-state index in [1.54, 1.807) is 0 Å². The first-order valence-corrected chi connectivity index (χ1v) is 0.730. The molecular weight excluding hydrogens is 165 g/mol. The molecule has 0 aromatic rings. The van der Waals surface area contributed by atoms with Gasteiger partial charge in [-0.25, -0.2) is 0 Å². The second kappa shape index (κ2) is 108. The summed E-state index contributed by atoms with van der Waals surface area (Å²) in [6.45, 7) is 0. The molecule has 0 fully saturated rings. The standard InChI is InChI=1S/Co.2HNO2.H2N/c;2*2-1-3;/h;2*(H,2,3);1H2/q+3;;;-1/p-2. The second-order valence-electron chi connectivity index (χ2n) is 0.149. The van der Waals surface area contributed by atoms with E-state index in [-0.39, 0.29) is 22.9 Å². The van der Waals surface area contributed by atoms with Gasteiger partial charge in [-0.15, -0.1) is 10.7 Å². The van der Waals surface area contributed by atoms with Gasteiger partial charge >= 0.3 is 16.8 Å². The molecule has 8 heteroatoms. The van der Waals surface area contributed by atoms with E-state index in [2.05, 4.69) is 0 Å². The van der Waals surface area contributed by atoms with E-state index < -0.39 is 0 Å². The monoisotopic (exact) mass is 167 g/mol.